The summed E-state index contributed by atoms with van der Waals surface area (Å²) in [4.78, 5) is 0. The molecular weight excluding hydrogens is 532 g/mol. The van der Waals surface area contributed by atoms with Gasteiger partial charge in [0, 0.05) is 42.1 Å². The van der Waals surface area contributed by atoms with Crippen LogP contribution < -0.4 is 0 Å². The van der Waals surface area contributed by atoms with Crippen LogP contribution in [-0.2, 0) is 0 Å². The summed E-state index contributed by atoms with van der Waals surface area (Å²) in [5, 5.41) is 24.6. The van der Waals surface area contributed by atoms with Crippen LogP contribution in [0.5, 0.6) is 0 Å². The molecule has 0 saturated heterocycles. The summed E-state index contributed by atoms with van der Waals surface area (Å²) < 4.78 is 8.63. The van der Waals surface area contributed by atoms with Crippen LogP contribution >= 0.6 is 11.3 Å². The summed E-state index contributed by atoms with van der Waals surface area (Å²) in [6.07, 6.45) is 0. The monoisotopic (exact) mass is 552 g/mol. The van der Waals surface area contributed by atoms with Crippen LogP contribution in [0.4, 0.5) is 0 Å². The third-order valence-electron chi connectivity index (χ3n) is 7.98. The number of nitriles is 2. The molecular formula is C38H20N2OS. The summed E-state index contributed by atoms with van der Waals surface area (Å²) >= 11 is 1.77. The van der Waals surface area contributed by atoms with E-state index in [0.29, 0.717) is 11.1 Å². The molecule has 4 heteroatoms. The first-order valence-corrected chi connectivity index (χ1v) is 14.4. The molecule has 42 heavy (non-hydrogen) atoms. The highest BCUT2D eigenvalue weighted by Crippen LogP contribution is 2.45. The Morgan fingerprint density at radius 1 is 0.500 bits per heavy atom. The lowest BCUT2D eigenvalue weighted by Crippen LogP contribution is -1.94. The van der Waals surface area contributed by atoms with E-state index in [1.54, 1.807) is 11.3 Å². The summed E-state index contributed by atoms with van der Waals surface area (Å²) in [7, 11) is 0. The van der Waals surface area contributed by atoms with E-state index in [1.807, 2.05) is 54.6 Å². The predicted molar refractivity (Wildman–Crippen MR) is 172 cm³/mol. The Kier molecular flexibility index (Phi) is 5.44. The van der Waals surface area contributed by atoms with Crippen molar-refractivity contribution < 1.29 is 4.42 Å². The first kappa shape index (κ1) is 24.1. The Balaban J connectivity index is 1.51. The maximum absolute atomic E-state index is 10.8. The highest BCUT2D eigenvalue weighted by Gasteiger charge is 2.21. The normalized spacial score (nSPS) is 11.3. The second kappa shape index (κ2) is 9.46. The van der Waals surface area contributed by atoms with Gasteiger partial charge in [0.25, 0.3) is 0 Å². The number of para-hydroxylation sites is 1. The maximum atomic E-state index is 10.8. The number of hydrogen-bond acceptors (Lipinski definition) is 4. The van der Waals surface area contributed by atoms with Gasteiger partial charge in [-0.2, -0.15) is 10.5 Å². The van der Waals surface area contributed by atoms with Gasteiger partial charge in [-0.3, -0.25) is 0 Å². The van der Waals surface area contributed by atoms with Gasteiger partial charge in [0.2, 0.25) is 0 Å². The van der Waals surface area contributed by atoms with E-state index in [9.17, 15) is 10.5 Å². The van der Waals surface area contributed by atoms with E-state index >= 15 is 0 Å². The molecule has 3 nitrogen and oxygen atoms in total. The van der Waals surface area contributed by atoms with Crippen LogP contribution in [0.3, 0.4) is 0 Å². The van der Waals surface area contributed by atoms with Crippen LogP contribution in [0.1, 0.15) is 11.1 Å². The lowest BCUT2D eigenvalue weighted by atomic mass is 9.86. The maximum Gasteiger partial charge on any atom is 0.136 e. The molecule has 0 N–H and O–H groups in total. The van der Waals surface area contributed by atoms with Crippen LogP contribution in [0.15, 0.2) is 126 Å². The lowest BCUT2D eigenvalue weighted by Gasteiger charge is -2.16. The minimum Gasteiger partial charge on any atom is -0.456 e. The van der Waals surface area contributed by atoms with Crippen molar-refractivity contribution in [3.05, 3.63) is 132 Å². The highest BCUT2D eigenvalue weighted by atomic mass is 32.1. The average Bonchev–Trinajstić information content (AvgIpc) is 3.63. The Morgan fingerprint density at radius 3 is 1.90 bits per heavy atom. The zero-order valence-corrected chi connectivity index (χ0v) is 23.1. The average molecular weight is 553 g/mol. The second-order valence-electron chi connectivity index (χ2n) is 10.3. The van der Waals surface area contributed by atoms with Gasteiger partial charge in [-0.25, -0.2) is 0 Å². The van der Waals surface area contributed by atoms with E-state index in [2.05, 4.69) is 78.9 Å². The van der Waals surface area contributed by atoms with E-state index in [1.165, 1.54) is 14.8 Å². The number of fused-ring (bicyclic) bond motifs is 6. The minimum atomic E-state index is 0.608. The second-order valence-corrected chi connectivity index (χ2v) is 11.4. The van der Waals surface area contributed by atoms with Crippen LogP contribution in [0.2, 0.25) is 0 Å². The van der Waals surface area contributed by atoms with E-state index < -0.39 is 0 Å². The van der Waals surface area contributed by atoms with Crippen molar-refractivity contribution in [3.8, 4) is 45.5 Å². The van der Waals surface area contributed by atoms with Crippen molar-refractivity contribution in [2.24, 2.45) is 0 Å². The van der Waals surface area contributed by atoms with Crippen molar-refractivity contribution in [3.63, 3.8) is 0 Å². The van der Waals surface area contributed by atoms with Gasteiger partial charge in [0.1, 0.15) is 17.2 Å². The number of furan rings is 1. The SMILES string of the molecule is N#Cc1ccc(-c2cc(-c3cccc4oc5ccccc5c34)c(C#N)c(-c3cccc4sc5ccccc5c34)c2)cc1. The summed E-state index contributed by atoms with van der Waals surface area (Å²) in [5.74, 6) is 0. The smallest absolute Gasteiger partial charge is 0.136 e. The molecule has 0 radical (unpaired) electrons. The number of benzene rings is 6. The molecule has 0 spiro atoms. The molecule has 0 atom stereocenters. The quantitative estimate of drug-likeness (QED) is 0.219. The fourth-order valence-corrected chi connectivity index (χ4v) is 7.22. The number of nitrogens with zero attached hydrogens (tertiary/aromatic N) is 2. The molecule has 0 aliphatic heterocycles. The Bertz CT molecular complexity index is 2300. The highest BCUT2D eigenvalue weighted by molar-refractivity contribution is 7.25. The molecule has 0 amide bonds. The van der Waals surface area contributed by atoms with Crippen LogP contribution in [0, 0.1) is 22.7 Å². The van der Waals surface area contributed by atoms with Gasteiger partial charge in [-0.15, -0.1) is 11.3 Å². The van der Waals surface area contributed by atoms with Gasteiger partial charge in [0.15, 0.2) is 0 Å². The zero-order valence-electron chi connectivity index (χ0n) is 22.3. The number of hydrogen-bond donors (Lipinski definition) is 0. The van der Waals surface area contributed by atoms with Crippen LogP contribution in [0.25, 0.3) is 75.5 Å². The molecule has 2 heterocycles. The topological polar surface area (TPSA) is 60.7 Å². The van der Waals surface area contributed by atoms with Crippen molar-refractivity contribution >= 4 is 53.4 Å². The summed E-state index contributed by atoms with van der Waals surface area (Å²) in [5.41, 5.74) is 8.50. The summed E-state index contributed by atoms with van der Waals surface area (Å²) in [6.45, 7) is 0. The molecule has 0 fully saturated rings. The molecule has 8 aromatic rings. The van der Waals surface area contributed by atoms with E-state index in [0.717, 1.165) is 60.7 Å². The Morgan fingerprint density at radius 2 is 1.14 bits per heavy atom. The fraction of sp³-hybridized carbons (Fsp3) is 0. The first-order chi connectivity index (χ1) is 20.7. The number of rotatable bonds is 3. The molecule has 2 aromatic heterocycles. The third kappa shape index (κ3) is 3.64. The van der Waals surface area contributed by atoms with E-state index in [4.69, 9.17) is 4.42 Å². The predicted octanol–water partition coefficient (Wildman–Crippen LogP) is 10.7. The standard InChI is InChI=1S/C38H20N2OS/c39-21-23-15-17-24(18-16-23)25-19-30(26-9-5-12-34-37(26)28-7-1-3-11-33(28)41-34)32(22-40)31(20-25)27-10-6-14-36-38(27)29-8-2-4-13-35(29)42-36/h1-20H. The Hall–Kier alpha value is -5.68. The van der Waals surface area contributed by atoms with Gasteiger partial charge < -0.3 is 4.42 Å². The minimum absolute atomic E-state index is 0.608. The van der Waals surface area contributed by atoms with E-state index in [-0.39, 0.29) is 0 Å². The van der Waals surface area contributed by atoms with Gasteiger partial charge in [0.05, 0.1) is 17.2 Å². The molecule has 194 valence electrons. The molecule has 0 bridgehead atoms. The fourth-order valence-electron chi connectivity index (χ4n) is 6.09. The van der Waals surface area contributed by atoms with Gasteiger partial charge in [-0.1, -0.05) is 72.8 Å². The van der Waals surface area contributed by atoms with Crippen molar-refractivity contribution in [2.45, 2.75) is 0 Å². The molecule has 0 unspecified atom stereocenters. The van der Waals surface area contributed by atoms with Crippen molar-refractivity contribution in [1.29, 1.82) is 10.5 Å². The zero-order chi connectivity index (χ0) is 28.2. The summed E-state index contributed by atoms with van der Waals surface area (Å²) in [6, 6.07) is 45.5. The molecule has 6 aromatic carbocycles. The van der Waals surface area contributed by atoms with Crippen molar-refractivity contribution in [1.82, 2.24) is 0 Å². The van der Waals surface area contributed by atoms with Gasteiger partial charge in [-0.05, 0) is 70.8 Å². The van der Waals surface area contributed by atoms with Crippen molar-refractivity contribution in [2.75, 3.05) is 0 Å². The first-order valence-electron chi connectivity index (χ1n) is 13.6. The lowest BCUT2D eigenvalue weighted by molar-refractivity contribution is 0.669. The largest absolute Gasteiger partial charge is 0.456 e. The molecule has 8 rings (SSSR count). The number of thiophene rings is 1. The Labute approximate surface area is 245 Å². The molecule has 0 aliphatic carbocycles. The molecule has 0 saturated carbocycles. The van der Waals surface area contributed by atoms with Crippen LogP contribution in [-0.4, -0.2) is 0 Å². The van der Waals surface area contributed by atoms with Gasteiger partial charge >= 0.3 is 0 Å². The third-order valence-corrected chi connectivity index (χ3v) is 9.12. The molecule has 0 aliphatic rings.